The summed E-state index contributed by atoms with van der Waals surface area (Å²) in [6.45, 7) is 4.58. The first kappa shape index (κ1) is 31.2. The lowest BCUT2D eigenvalue weighted by Crippen LogP contribution is -2.00. The minimum Gasteiger partial charge on any atom is -0.478 e. The molecule has 0 fully saturated rings. The summed E-state index contributed by atoms with van der Waals surface area (Å²) in [5, 5.41) is 8.64. The molecule has 0 saturated heterocycles. The van der Waals surface area contributed by atoms with Crippen molar-refractivity contribution in [3.8, 4) is 0 Å². The van der Waals surface area contributed by atoms with Crippen LogP contribution in [0.15, 0.2) is 12.2 Å². The zero-order valence-electron chi connectivity index (χ0n) is 22.1. The molecule has 0 aromatic heterocycles. The highest BCUT2D eigenvalue weighted by atomic mass is 16.4. The van der Waals surface area contributed by atoms with Gasteiger partial charge in [0.05, 0.1) is 0 Å². The summed E-state index contributed by atoms with van der Waals surface area (Å²) >= 11 is 0. The van der Waals surface area contributed by atoms with Crippen LogP contribution in [0, 0.1) is 5.92 Å². The predicted molar refractivity (Wildman–Crippen MR) is 142 cm³/mol. The van der Waals surface area contributed by atoms with Gasteiger partial charge in [-0.15, -0.1) is 0 Å². The average Bonchev–Trinajstić information content (AvgIpc) is 2.77. The molecule has 0 radical (unpaired) electrons. The van der Waals surface area contributed by atoms with Crippen molar-refractivity contribution in [3.05, 3.63) is 12.2 Å². The Bertz CT molecular complexity index is 402. The number of unbranched alkanes of at least 4 members (excludes halogenated alkanes) is 18. The number of hydrogen-bond donors (Lipinski definition) is 1. The smallest absolute Gasteiger partial charge is 0.327 e. The van der Waals surface area contributed by atoms with Crippen LogP contribution in [0.2, 0.25) is 0 Å². The van der Waals surface area contributed by atoms with Gasteiger partial charge in [-0.1, -0.05) is 161 Å². The van der Waals surface area contributed by atoms with Crippen molar-refractivity contribution in [1.29, 1.82) is 0 Å². The van der Waals surface area contributed by atoms with Crippen LogP contribution in [0.1, 0.15) is 168 Å². The monoisotopic (exact) mass is 450 g/mol. The fourth-order valence-corrected chi connectivity index (χ4v) is 4.88. The topological polar surface area (TPSA) is 37.3 Å². The van der Waals surface area contributed by atoms with E-state index in [2.05, 4.69) is 13.8 Å². The molecule has 2 heteroatoms. The summed E-state index contributed by atoms with van der Waals surface area (Å²) in [4.78, 5) is 10.5. The van der Waals surface area contributed by atoms with Gasteiger partial charge in [-0.05, 0) is 18.8 Å². The van der Waals surface area contributed by atoms with Crippen LogP contribution in [-0.4, -0.2) is 11.1 Å². The quantitative estimate of drug-likeness (QED) is 0.105. The minimum atomic E-state index is -0.825. The number of carbonyl (C=O) groups is 1. The molecule has 32 heavy (non-hydrogen) atoms. The molecule has 0 spiro atoms. The highest BCUT2D eigenvalue weighted by molar-refractivity contribution is 5.79. The van der Waals surface area contributed by atoms with Gasteiger partial charge in [-0.2, -0.15) is 0 Å². The second kappa shape index (κ2) is 26.5. The number of carboxylic acids is 1. The Morgan fingerprint density at radius 2 is 0.969 bits per heavy atom. The molecule has 0 aliphatic carbocycles. The van der Waals surface area contributed by atoms with Gasteiger partial charge in [0.2, 0.25) is 0 Å². The minimum absolute atomic E-state index is 0.825. The van der Waals surface area contributed by atoms with Crippen molar-refractivity contribution in [2.24, 2.45) is 5.92 Å². The molecule has 0 aliphatic rings. The van der Waals surface area contributed by atoms with Gasteiger partial charge < -0.3 is 5.11 Å². The first-order valence-corrected chi connectivity index (χ1v) is 14.6. The maximum Gasteiger partial charge on any atom is 0.327 e. The number of aliphatic carboxylic acids is 1. The first-order chi connectivity index (χ1) is 15.7. The third kappa shape index (κ3) is 25.5. The van der Waals surface area contributed by atoms with Gasteiger partial charge in [0, 0.05) is 6.08 Å². The van der Waals surface area contributed by atoms with E-state index >= 15 is 0 Å². The van der Waals surface area contributed by atoms with Crippen LogP contribution < -0.4 is 0 Å². The molecule has 0 aromatic carbocycles. The molecule has 190 valence electrons. The fraction of sp³-hybridized carbons (Fsp3) is 0.900. The van der Waals surface area contributed by atoms with E-state index in [4.69, 9.17) is 5.11 Å². The number of hydrogen-bond acceptors (Lipinski definition) is 1. The molecule has 1 N–H and O–H groups in total. The largest absolute Gasteiger partial charge is 0.478 e. The zero-order valence-corrected chi connectivity index (χ0v) is 22.1. The maximum atomic E-state index is 10.5. The van der Waals surface area contributed by atoms with E-state index in [9.17, 15) is 4.79 Å². The molecule has 0 amide bonds. The summed E-state index contributed by atoms with van der Waals surface area (Å²) in [6, 6.07) is 0. The highest BCUT2D eigenvalue weighted by Gasteiger charge is 2.07. The van der Waals surface area contributed by atoms with Crippen LogP contribution in [0.3, 0.4) is 0 Å². The van der Waals surface area contributed by atoms with Crippen molar-refractivity contribution in [2.75, 3.05) is 0 Å². The standard InChI is InChI=1S/C30H58O2/c1-3-5-6-7-8-9-10-11-12-13-14-15-16-17-18-19-20-22-26-29(25-4-2)27-23-21-24-28-30(31)32/h24,28-29H,3-23,25-27H2,1-2H3,(H,31,32)/b28-24+. The Morgan fingerprint density at radius 3 is 1.38 bits per heavy atom. The lowest BCUT2D eigenvalue weighted by molar-refractivity contribution is -0.131. The predicted octanol–water partition coefficient (Wildman–Crippen LogP) is 10.6. The molecule has 0 aliphatic heterocycles. The summed E-state index contributed by atoms with van der Waals surface area (Å²) in [6.07, 6.45) is 36.3. The molecule has 0 bridgehead atoms. The third-order valence-electron chi connectivity index (χ3n) is 6.91. The lowest BCUT2D eigenvalue weighted by Gasteiger charge is -2.15. The van der Waals surface area contributed by atoms with Gasteiger partial charge >= 0.3 is 5.97 Å². The van der Waals surface area contributed by atoms with E-state index in [1.165, 1.54) is 147 Å². The van der Waals surface area contributed by atoms with Gasteiger partial charge in [0.15, 0.2) is 0 Å². The van der Waals surface area contributed by atoms with Gasteiger partial charge in [0.25, 0.3) is 0 Å². The maximum absolute atomic E-state index is 10.5. The SMILES string of the molecule is CCCCCCCCCCCCCCCCCCCCC(CCC)CCC/C=C/C(=O)O. The summed E-state index contributed by atoms with van der Waals surface area (Å²) in [7, 11) is 0. The average molecular weight is 451 g/mol. The van der Waals surface area contributed by atoms with E-state index in [1.54, 1.807) is 0 Å². The van der Waals surface area contributed by atoms with E-state index in [0.29, 0.717) is 0 Å². The van der Waals surface area contributed by atoms with Crippen molar-refractivity contribution in [1.82, 2.24) is 0 Å². The van der Waals surface area contributed by atoms with Crippen LogP contribution in [0.25, 0.3) is 0 Å². The van der Waals surface area contributed by atoms with Crippen molar-refractivity contribution < 1.29 is 9.90 Å². The molecule has 1 unspecified atom stereocenters. The van der Waals surface area contributed by atoms with Gasteiger partial charge in [-0.25, -0.2) is 4.79 Å². The molecule has 2 nitrogen and oxygen atoms in total. The van der Waals surface area contributed by atoms with Crippen molar-refractivity contribution in [2.45, 2.75) is 168 Å². The van der Waals surface area contributed by atoms with Crippen LogP contribution in [0.5, 0.6) is 0 Å². The zero-order chi connectivity index (χ0) is 23.5. The van der Waals surface area contributed by atoms with Crippen molar-refractivity contribution in [3.63, 3.8) is 0 Å². The summed E-state index contributed by atoms with van der Waals surface area (Å²) < 4.78 is 0. The first-order valence-electron chi connectivity index (χ1n) is 14.6. The second-order valence-electron chi connectivity index (χ2n) is 10.1. The van der Waals surface area contributed by atoms with Crippen LogP contribution in [0.4, 0.5) is 0 Å². The van der Waals surface area contributed by atoms with Crippen LogP contribution >= 0.6 is 0 Å². The van der Waals surface area contributed by atoms with E-state index < -0.39 is 5.97 Å². The summed E-state index contributed by atoms with van der Waals surface area (Å²) in [5.41, 5.74) is 0. The van der Waals surface area contributed by atoms with Crippen LogP contribution in [-0.2, 0) is 4.79 Å². The number of allylic oxidation sites excluding steroid dienone is 1. The van der Waals surface area contributed by atoms with E-state index in [-0.39, 0.29) is 0 Å². The normalized spacial score (nSPS) is 12.6. The molecule has 0 heterocycles. The molecule has 0 rings (SSSR count). The lowest BCUT2D eigenvalue weighted by atomic mass is 9.91. The Kier molecular flexibility index (Phi) is 25.8. The molecule has 0 aromatic rings. The van der Waals surface area contributed by atoms with E-state index in [0.717, 1.165) is 18.8 Å². The molecule has 0 saturated carbocycles. The molecular formula is C30H58O2. The van der Waals surface area contributed by atoms with Gasteiger partial charge in [-0.3, -0.25) is 0 Å². The third-order valence-corrected chi connectivity index (χ3v) is 6.91. The molecule has 1 atom stereocenters. The number of rotatable bonds is 26. The molecular weight excluding hydrogens is 392 g/mol. The van der Waals surface area contributed by atoms with E-state index in [1.807, 2.05) is 6.08 Å². The Balaban J connectivity index is 3.34. The number of carboxylic acid groups (broad SMARTS) is 1. The highest BCUT2D eigenvalue weighted by Crippen LogP contribution is 2.22. The van der Waals surface area contributed by atoms with Crippen molar-refractivity contribution >= 4 is 5.97 Å². The van der Waals surface area contributed by atoms with Gasteiger partial charge in [0.1, 0.15) is 0 Å². The Hall–Kier alpha value is -0.790. The summed E-state index contributed by atoms with van der Waals surface area (Å²) in [5.74, 6) is 0.0215. The Labute approximate surface area is 202 Å². The second-order valence-corrected chi connectivity index (χ2v) is 10.1. The fourth-order valence-electron chi connectivity index (χ4n) is 4.88. The Morgan fingerprint density at radius 1 is 0.562 bits per heavy atom.